The van der Waals surface area contributed by atoms with Crippen molar-refractivity contribution in [2.45, 2.75) is 4.90 Å². The second-order valence-corrected chi connectivity index (χ2v) is 7.31. The van der Waals surface area contributed by atoms with Crippen LogP contribution in [0.3, 0.4) is 0 Å². The topological polar surface area (TPSA) is 49.9 Å². The lowest BCUT2D eigenvalue weighted by atomic mass is 10.2. The van der Waals surface area contributed by atoms with Crippen molar-refractivity contribution in [1.82, 2.24) is 4.90 Å². The Labute approximate surface area is 120 Å². The molecule has 0 spiro atoms. The van der Waals surface area contributed by atoms with Crippen LogP contribution in [-0.2, 0) is 14.6 Å². The van der Waals surface area contributed by atoms with E-state index in [1.807, 2.05) is 12.1 Å². The molecule has 5 nitrogen and oxygen atoms in total. The zero-order chi connectivity index (χ0) is 14.0. The maximum atomic E-state index is 12.1. The number of anilines is 1. The number of para-hydroxylation sites is 1. The Kier molecular flexibility index (Phi) is 3.96. The monoisotopic (exact) mass is 296 g/mol. The van der Waals surface area contributed by atoms with Gasteiger partial charge in [0.1, 0.15) is 0 Å². The lowest BCUT2D eigenvalue weighted by molar-refractivity contribution is 0.0392. The van der Waals surface area contributed by atoms with Gasteiger partial charge in [0.15, 0.2) is 9.84 Å². The molecule has 3 rings (SSSR count). The largest absolute Gasteiger partial charge is 0.379 e. The van der Waals surface area contributed by atoms with Crippen LogP contribution >= 0.6 is 0 Å². The summed E-state index contributed by atoms with van der Waals surface area (Å²) < 4.78 is 29.5. The van der Waals surface area contributed by atoms with Gasteiger partial charge in [-0.05, 0) is 12.1 Å². The second-order valence-electron chi connectivity index (χ2n) is 5.23. The molecule has 110 valence electrons. The quantitative estimate of drug-likeness (QED) is 0.818. The first-order valence-electron chi connectivity index (χ1n) is 7.04. The minimum atomic E-state index is -3.09. The van der Waals surface area contributed by atoms with Crippen LogP contribution in [0.25, 0.3) is 0 Å². The lowest BCUT2D eigenvalue weighted by Crippen LogP contribution is -2.44. The van der Waals surface area contributed by atoms with Crippen molar-refractivity contribution in [3.8, 4) is 0 Å². The molecule has 0 bridgehead atoms. The van der Waals surface area contributed by atoms with Crippen LogP contribution in [-0.4, -0.2) is 65.0 Å². The van der Waals surface area contributed by atoms with E-state index in [1.165, 1.54) is 0 Å². The Morgan fingerprint density at radius 2 is 1.80 bits per heavy atom. The number of rotatable bonds is 3. The van der Waals surface area contributed by atoms with E-state index < -0.39 is 9.84 Å². The molecule has 2 heterocycles. The molecule has 6 heteroatoms. The van der Waals surface area contributed by atoms with Crippen LogP contribution in [0.2, 0.25) is 0 Å². The molecule has 0 aliphatic carbocycles. The molecule has 1 aromatic rings. The molecule has 1 saturated heterocycles. The zero-order valence-corrected chi connectivity index (χ0v) is 12.3. The van der Waals surface area contributed by atoms with Crippen LogP contribution in [0.15, 0.2) is 29.2 Å². The average molecular weight is 296 g/mol. The number of sulfone groups is 1. The minimum absolute atomic E-state index is 0.215. The summed E-state index contributed by atoms with van der Waals surface area (Å²) in [5, 5.41) is 0. The number of benzene rings is 1. The van der Waals surface area contributed by atoms with Crippen LogP contribution < -0.4 is 4.90 Å². The maximum Gasteiger partial charge on any atom is 0.182 e. The van der Waals surface area contributed by atoms with Crippen molar-refractivity contribution in [3.05, 3.63) is 24.3 Å². The molecule has 0 atom stereocenters. The average Bonchev–Trinajstić information content (AvgIpc) is 2.48. The van der Waals surface area contributed by atoms with Crippen LogP contribution in [0.5, 0.6) is 0 Å². The zero-order valence-electron chi connectivity index (χ0n) is 11.5. The molecule has 0 aromatic heterocycles. The van der Waals surface area contributed by atoms with Gasteiger partial charge >= 0.3 is 0 Å². The lowest BCUT2D eigenvalue weighted by Gasteiger charge is -2.34. The highest BCUT2D eigenvalue weighted by Gasteiger charge is 2.27. The summed E-state index contributed by atoms with van der Waals surface area (Å²) in [5.41, 5.74) is 0.854. The van der Waals surface area contributed by atoms with Crippen molar-refractivity contribution in [3.63, 3.8) is 0 Å². The number of nitrogens with zero attached hydrogens (tertiary/aromatic N) is 2. The molecule has 20 heavy (non-hydrogen) atoms. The number of fused-ring (bicyclic) bond motifs is 1. The number of hydrogen-bond donors (Lipinski definition) is 0. The first kappa shape index (κ1) is 13.9. The van der Waals surface area contributed by atoms with Crippen LogP contribution in [0.1, 0.15) is 0 Å². The molecule has 0 radical (unpaired) electrons. The fraction of sp³-hybridized carbons (Fsp3) is 0.571. The van der Waals surface area contributed by atoms with E-state index in [9.17, 15) is 8.42 Å². The Hall–Kier alpha value is -1.11. The molecular formula is C14H20N2O3S. The molecular weight excluding hydrogens is 276 g/mol. The maximum absolute atomic E-state index is 12.1. The first-order chi connectivity index (χ1) is 9.67. The number of ether oxygens (including phenoxy) is 1. The van der Waals surface area contributed by atoms with Gasteiger partial charge < -0.3 is 9.64 Å². The van der Waals surface area contributed by atoms with Gasteiger partial charge in [0.05, 0.1) is 29.5 Å². The van der Waals surface area contributed by atoms with Gasteiger partial charge in [-0.2, -0.15) is 0 Å². The fourth-order valence-electron chi connectivity index (χ4n) is 2.76. The van der Waals surface area contributed by atoms with Gasteiger partial charge in [-0.15, -0.1) is 0 Å². The van der Waals surface area contributed by atoms with Crippen molar-refractivity contribution in [1.29, 1.82) is 0 Å². The number of morpholine rings is 1. The summed E-state index contributed by atoms with van der Waals surface area (Å²) in [6.07, 6.45) is 0. The number of hydrogen-bond acceptors (Lipinski definition) is 5. The van der Waals surface area contributed by atoms with E-state index in [4.69, 9.17) is 4.74 Å². The van der Waals surface area contributed by atoms with Crippen molar-refractivity contribution < 1.29 is 13.2 Å². The molecule has 0 saturated carbocycles. The van der Waals surface area contributed by atoms with E-state index in [0.717, 1.165) is 45.1 Å². The summed E-state index contributed by atoms with van der Waals surface area (Å²) in [4.78, 5) is 5.04. The summed E-state index contributed by atoms with van der Waals surface area (Å²) in [7, 11) is -3.09. The van der Waals surface area contributed by atoms with E-state index in [1.54, 1.807) is 12.1 Å². The SMILES string of the molecule is O=S1(=O)CCN(CCN2CCOCC2)c2ccccc21. The predicted octanol–water partition coefficient (Wildman–Crippen LogP) is 0.613. The molecule has 0 unspecified atom stereocenters. The Morgan fingerprint density at radius 3 is 2.60 bits per heavy atom. The molecule has 1 aromatic carbocycles. The first-order valence-corrected chi connectivity index (χ1v) is 8.69. The third-order valence-corrected chi connectivity index (χ3v) is 5.70. The smallest absolute Gasteiger partial charge is 0.182 e. The summed E-state index contributed by atoms with van der Waals surface area (Å²) in [6.45, 7) is 5.94. The Morgan fingerprint density at radius 1 is 1.05 bits per heavy atom. The van der Waals surface area contributed by atoms with E-state index >= 15 is 0 Å². The van der Waals surface area contributed by atoms with Gasteiger partial charge in [0.25, 0.3) is 0 Å². The molecule has 2 aliphatic heterocycles. The predicted molar refractivity (Wildman–Crippen MR) is 78.0 cm³/mol. The van der Waals surface area contributed by atoms with Gasteiger partial charge in [-0.3, -0.25) is 4.90 Å². The summed E-state index contributed by atoms with van der Waals surface area (Å²) in [6, 6.07) is 7.32. The molecule has 0 N–H and O–H groups in total. The van der Waals surface area contributed by atoms with Gasteiger partial charge in [0, 0.05) is 32.7 Å². The summed E-state index contributed by atoms with van der Waals surface area (Å²) in [5.74, 6) is 0.215. The Bertz CT molecular complexity index is 568. The van der Waals surface area contributed by atoms with Crippen LogP contribution in [0, 0.1) is 0 Å². The highest BCUT2D eigenvalue weighted by molar-refractivity contribution is 7.91. The van der Waals surface area contributed by atoms with Gasteiger partial charge in [0.2, 0.25) is 0 Å². The van der Waals surface area contributed by atoms with Crippen LogP contribution in [0.4, 0.5) is 5.69 Å². The standard InChI is InChI=1S/C14H20N2O3S/c17-20(18)12-9-16(13-3-1-2-4-14(13)20)6-5-15-7-10-19-11-8-15/h1-4H,5-12H2. The second kappa shape index (κ2) is 5.71. The van der Waals surface area contributed by atoms with Crippen molar-refractivity contribution >= 4 is 15.5 Å². The third-order valence-electron chi connectivity index (χ3n) is 3.96. The van der Waals surface area contributed by atoms with Gasteiger partial charge in [-0.1, -0.05) is 12.1 Å². The fourth-order valence-corrected chi connectivity index (χ4v) is 4.24. The van der Waals surface area contributed by atoms with Crippen molar-refractivity contribution in [2.24, 2.45) is 0 Å². The van der Waals surface area contributed by atoms with Gasteiger partial charge in [-0.25, -0.2) is 8.42 Å². The molecule has 0 amide bonds. The summed E-state index contributed by atoms with van der Waals surface area (Å²) >= 11 is 0. The van der Waals surface area contributed by atoms with E-state index in [2.05, 4.69) is 9.80 Å². The Balaban J connectivity index is 1.71. The highest BCUT2D eigenvalue weighted by atomic mass is 32.2. The third kappa shape index (κ3) is 2.82. The highest BCUT2D eigenvalue weighted by Crippen LogP contribution is 2.29. The van der Waals surface area contributed by atoms with E-state index in [-0.39, 0.29) is 5.75 Å². The molecule has 2 aliphatic rings. The normalized spacial score (nSPS) is 22.5. The van der Waals surface area contributed by atoms with E-state index in [0.29, 0.717) is 11.4 Å². The van der Waals surface area contributed by atoms with Crippen molar-refractivity contribution in [2.75, 3.05) is 56.6 Å². The minimum Gasteiger partial charge on any atom is -0.379 e. The molecule has 1 fully saturated rings.